The van der Waals surface area contributed by atoms with Crippen molar-refractivity contribution in [2.45, 2.75) is 51.4 Å². The van der Waals surface area contributed by atoms with Crippen LogP contribution in [0.3, 0.4) is 0 Å². The van der Waals surface area contributed by atoms with E-state index in [1.165, 1.54) is 35.7 Å². The lowest BCUT2D eigenvalue weighted by atomic mass is 9.95. The molecular weight excluding hydrogens is 570 g/mol. The van der Waals surface area contributed by atoms with Gasteiger partial charge in [-0.25, -0.2) is 18.5 Å². The van der Waals surface area contributed by atoms with Crippen molar-refractivity contribution in [2.75, 3.05) is 18.9 Å². The number of nitriles is 1. The maximum Gasteiger partial charge on any atom is 0.459 e. The van der Waals surface area contributed by atoms with E-state index in [-0.39, 0.29) is 29.8 Å². The number of halogens is 1. The number of hydrogen-bond donors (Lipinski definition) is 3. The molecule has 0 saturated carbocycles. The number of carbonyl (C=O) groups excluding carboxylic acids is 1. The summed E-state index contributed by atoms with van der Waals surface area (Å²) >= 11 is 0. The SMILES string of the molecule is CCC(CC)COC(=O)[C@H](C)N[P@](=O)(OCC1=C(F)[C@@H](O)[C@](C#N)(c2ccc3c(N)ncnn23)O1)Oc1ccccc1. The molecule has 224 valence electrons. The Morgan fingerprint density at radius 2 is 2.02 bits per heavy atom. The van der Waals surface area contributed by atoms with E-state index in [1.807, 2.05) is 19.9 Å². The van der Waals surface area contributed by atoms with Gasteiger partial charge in [0.05, 0.1) is 6.61 Å². The number of carbonyl (C=O) groups is 1. The molecule has 3 aromatic rings. The zero-order valence-electron chi connectivity index (χ0n) is 23.3. The van der Waals surface area contributed by atoms with E-state index in [0.29, 0.717) is 5.52 Å². The highest BCUT2D eigenvalue weighted by Crippen LogP contribution is 2.48. The molecule has 0 amide bonds. The van der Waals surface area contributed by atoms with Gasteiger partial charge in [0.1, 0.15) is 42.0 Å². The van der Waals surface area contributed by atoms with Crippen LogP contribution in [0.2, 0.25) is 0 Å². The first-order valence-electron chi connectivity index (χ1n) is 13.3. The summed E-state index contributed by atoms with van der Waals surface area (Å²) < 4.78 is 52.5. The Morgan fingerprint density at radius 1 is 1.31 bits per heavy atom. The van der Waals surface area contributed by atoms with Crippen molar-refractivity contribution in [1.82, 2.24) is 19.7 Å². The molecule has 15 heteroatoms. The molecular formula is C27H32FN6O7P. The number of aliphatic hydroxyl groups excluding tert-OH is 1. The quantitative estimate of drug-likeness (QED) is 0.190. The Kier molecular flexibility index (Phi) is 9.48. The van der Waals surface area contributed by atoms with Crippen LogP contribution in [0.4, 0.5) is 10.2 Å². The molecule has 0 spiro atoms. The number of hydrogen-bond acceptors (Lipinski definition) is 11. The second-order valence-corrected chi connectivity index (χ2v) is 11.3. The summed E-state index contributed by atoms with van der Waals surface area (Å²) in [5, 5.41) is 27.4. The number of nitrogens with one attached hydrogen (secondary N) is 1. The Balaban J connectivity index is 1.55. The maximum absolute atomic E-state index is 15.4. The molecule has 3 heterocycles. The highest BCUT2D eigenvalue weighted by molar-refractivity contribution is 7.52. The van der Waals surface area contributed by atoms with Gasteiger partial charge in [-0.2, -0.15) is 15.4 Å². The predicted molar refractivity (Wildman–Crippen MR) is 148 cm³/mol. The molecule has 0 radical (unpaired) electrons. The van der Waals surface area contributed by atoms with E-state index in [9.17, 15) is 19.7 Å². The number of nitrogens with two attached hydrogens (primary N) is 1. The fourth-order valence-electron chi connectivity index (χ4n) is 4.29. The predicted octanol–water partition coefficient (Wildman–Crippen LogP) is 3.76. The monoisotopic (exact) mass is 602 g/mol. The van der Waals surface area contributed by atoms with Crippen molar-refractivity contribution in [1.29, 1.82) is 5.26 Å². The second kappa shape index (κ2) is 12.9. The van der Waals surface area contributed by atoms with Gasteiger partial charge in [0.25, 0.3) is 5.60 Å². The minimum absolute atomic E-state index is 0.0255. The molecule has 0 fully saturated rings. The van der Waals surface area contributed by atoms with E-state index in [4.69, 9.17) is 24.3 Å². The van der Waals surface area contributed by atoms with Crippen molar-refractivity contribution in [3.63, 3.8) is 0 Å². The van der Waals surface area contributed by atoms with Gasteiger partial charge in [-0.15, -0.1) is 0 Å². The minimum Gasteiger partial charge on any atom is -0.464 e. The van der Waals surface area contributed by atoms with Crippen LogP contribution in [0.25, 0.3) is 5.52 Å². The number of rotatable bonds is 13. The van der Waals surface area contributed by atoms with Gasteiger partial charge in [-0.1, -0.05) is 44.9 Å². The van der Waals surface area contributed by atoms with Crippen LogP contribution in [0.15, 0.2) is 60.4 Å². The van der Waals surface area contributed by atoms with Crippen molar-refractivity contribution < 1.29 is 37.4 Å². The van der Waals surface area contributed by atoms with E-state index in [1.54, 1.807) is 18.2 Å². The first-order valence-corrected chi connectivity index (χ1v) is 14.8. The largest absolute Gasteiger partial charge is 0.464 e. The molecule has 1 aliphatic heterocycles. The van der Waals surface area contributed by atoms with Crippen LogP contribution in [0.5, 0.6) is 5.75 Å². The van der Waals surface area contributed by atoms with Crippen LogP contribution >= 0.6 is 7.75 Å². The van der Waals surface area contributed by atoms with Gasteiger partial charge in [0.2, 0.25) is 0 Å². The van der Waals surface area contributed by atoms with E-state index in [2.05, 4.69) is 15.2 Å². The third kappa shape index (κ3) is 6.24. The molecule has 0 unspecified atom stereocenters. The summed E-state index contributed by atoms with van der Waals surface area (Å²) in [6.07, 6.45) is 0.684. The Hall–Kier alpha value is -4.02. The van der Waals surface area contributed by atoms with Crippen LogP contribution in [0, 0.1) is 17.2 Å². The molecule has 0 saturated heterocycles. The number of fused-ring (bicyclic) bond motifs is 1. The summed E-state index contributed by atoms with van der Waals surface area (Å²) in [6.45, 7) is 4.74. The molecule has 42 heavy (non-hydrogen) atoms. The third-order valence-electron chi connectivity index (χ3n) is 6.86. The fraction of sp³-hybridized carbons (Fsp3) is 0.407. The zero-order chi connectivity index (χ0) is 30.5. The number of esters is 1. The van der Waals surface area contributed by atoms with Crippen LogP contribution in [-0.2, 0) is 29.0 Å². The lowest BCUT2D eigenvalue weighted by Gasteiger charge is -2.26. The van der Waals surface area contributed by atoms with Gasteiger partial charge in [0, 0.05) is 0 Å². The molecule has 0 bridgehead atoms. The van der Waals surface area contributed by atoms with E-state index >= 15 is 4.39 Å². The topological polar surface area (TPSA) is 183 Å². The number of aliphatic hydroxyl groups is 1. The normalized spacial score (nSPS) is 20.6. The van der Waals surface area contributed by atoms with Gasteiger partial charge in [0.15, 0.2) is 23.5 Å². The standard InChI is InChI=1S/C27H32FN6O7P/c1-4-18(5-2)13-38-26(36)17(3)33-42(37,41-19-9-7-6-8-10-19)39-14-21-23(28)24(35)27(15-29,40-21)22-12-11-20-25(30)31-16-32-34(20)22/h6-12,16-18,24,35H,4-5,13-14H2,1-3H3,(H,33,37)(H2,30,31,32)/t17-,24+,27-,42-/m0/s1. The maximum atomic E-state index is 15.4. The van der Waals surface area contributed by atoms with Crippen molar-refractivity contribution in [2.24, 2.45) is 5.92 Å². The first-order chi connectivity index (χ1) is 20.1. The molecule has 13 nitrogen and oxygen atoms in total. The molecule has 2 aromatic heterocycles. The van der Waals surface area contributed by atoms with Gasteiger partial charge in [-0.05, 0) is 37.1 Å². The summed E-state index contributed by atoms with van der Waals surface area (Å²) in [6, 6.07) is 11.5. The van der Waals surface area contributed by atoms with E-state index in [0.717, 1.165) is 19.2 Å². The lowest BCUT2D eigenvalue weighted by Crippen LogP contribution is -2.38. The number of para-hydroxylation sites is 1. The minimum atomic E-state index is -4.41. The average molecular weight is 603 g/mol. The molecule has 4 atom stereocenters. The third-order valence-corrected chi connectivity index (χ3v) is 8.48. The molecule has 0 aliphatic carbocycles. The molecule has 4 rings (SSSR count). The van der Waals surface area contributed by atoms with Crippen LogP contribution in [-0.4, -0.2) is 51.0 Å². The summed E-state index contributed by atoms with van der Waals surface area (Å²) in [5.74, 6) is -2.12. The summed E-state index contributed by atoms with van der Waals surface area (Å²) in [5.41, 5.74) is 3.86. The second-order valence-electron chi connectivity index (χ2n) is 9.62. The molecule has 1 aromatic carbocycles. The number of anilines is 1. The van der Waals surface area contributed by atoms with Crippen LogP contribution < -0.4 is 15.3 Å². The number of aromatic nitrogens is 3. The average Bonchev–Trinajstić information content (AvgIpc) is 3.53. The zero-order valence-corrected chi connectivity index (χ0v) is 24.2. The Bertz CT molecular complexity index is 1540. The Morgan fingerprint density at radius 3 is 2.69 bits per heavy atom. The first kappa shape index (κ1) is 30.9. The van der Waals surface area contributed by atoms with Crippen molar-refractivity contribution in [3.8, 4) is 11.8 Å². The van der Waals surface area contributed by atoms with Crippen molar-refractivity contribution in [3.05, 3.63) is 66.1 Å². The summed E-state index contributed by atoms with van der Waals surface area (Å²) in [4.78, 5) is 16.5. The van der Waals surface area contributed by atoms with E-state index < -0.39 is 49.7 Å². The molecule has 4 N–H and O–H groups in total. The number of benzene rings is 1. The number of nitrogens with zero attached hydrogens (tertiary/aromatic N) is 4. The lowest BCUT2D eigenvalue weighted by molar-refractivity contribution is -0.146. The van der Waals surface area contributed by atoms with Gasteiger partial charge < -0.3 is 24.8 Å². The number of nitrogen functional groups attached to an aromatic ring is 1. The Labute approximate surface area is 241 Å². The highest BCUT2D eigenvalue weighted by atomic mass is 31.2. The van der Waals surface area contributed by atoms with Gasteiger partial charge >= 0.3 is 13.7 Å². The van der Waals surface area contributed by atoms with Crippen molar-refractivity contribution >= 4 is 25.1 Å². The summed E-state index contributed by atoms with van der Waals surface area (Å²) in [7, 11) is -4.41. The fourth-order valence-corrected chi connectivity index (χ4v) is 5.74. The van der Waals surface area contributed by atoms with Gasteiger partial charge in [-0.3, -0.25) is 9.32 Å². The van der Waals surface area contributed by atoms with Crippen LogP contribution in [0.1, 0.15) is 39.3 Å². The smallest absolute Gasteiger partial charge is 0.459 e. The molecule has 1 aliphatic rings. The number of ether oxygens (including phenoxy) is 2. The highest BCUT2D eigenvalue weighted by Gasteiger charge is 2.54.